The Balaban J connectivity index is 1.97. The van der Waals surface area contributed by atoms with E-state index in [1.54, 1.807) is 4.90 Å². The van der Waals surface area contributed by atoms with Gasteiger partial charge in [0, 0.05) is 25.5 Å². The van der Waals surface area contributed by atoms with E-state index in [-0.39, 0.29) is 5.91 Å². The molecule has 0 aliphatic heterocycles. The topological polar surface area (TPSA) is 58.4 Å². The highest BCUT2D eigenvalue weighted by Gasteiger charge is 2.13. The van der Waals surface area contributed by atoms with Crippen LogP contribution in [0.4, 0.5) is 0 Å². The minimum Gasteiger partial charge on any atom is -0.459 e. The van der Waals surface area contributed by atoms with Crippen molar-refractivity contribution in [3.05, 3.63) is 29.0 Å². The van der Waals surface area contributed by atoms with E-state index >= 15 is 0 Å². The summed E-state index contributed by atoms with van der Waals surface area (Å²) in [5, 5.41) is 5.76. The second-order valence-corrected chi connectivity index (χ2v) is 5.51. The summed E-state index contributed by atoms with van der Waals surface area (Å²) in [6.07, 6.45) is 0.330. The molecule has 1 amide bonds. The van der Waals surface area contributed by atoms with Crippen molar-refractivity contribution in [2.75, 3.05) is 27.2 Å². The van der Waals surface area contributed by atoms with Crippen LogP contribution in [-0.2, 0) is 11.2 Å². The Morgan fingerprint density at radius 1 is 1.50 bits per heavy atom. The Morgan fingerprint density at radius 3 is 2.95 bits per heavy atom. The lowest BCUT2D eigenvalue weighted by Crippen LogP contribution is -2.33. The zero-order chi connectivity index (χ0) is 14.5. The molecule has 2 aromatic heterocycles. The maximum Gasteiger partial charge on any atom is 0.228 e. The molecule has 0 saturated carbocycles. The number of nitrogens with zero attached hydrogens (tertiary/aromatic N) is 2. The van der Waals surface area contributed by atoms with Gasteiger partial charge in [0.25, 0.3) is 0 Å². The maximum absolute atomic E-state index is 12.0. The van der Waals surface area contributed by atoms with E-state index in [2.05, 4.69) is 10.3 Å². The molecule has 0 unspecified atom stereocenters. The molecule has 0 aliphatic rings. The number of furan rings is 1. The van der Waals surface area contributed by atoms with E-state index in [1.165, 1.54) is 11.3 Å². The van der Waals surface area contributed by atoms with E-state index in [9.17, 15) is 4.79 Å². The van der Waals surface area contributed by atoms with Crippen LogP contribution in [0, 0.1) is 6.92 Å². The summed E-state index contributed by atoms with van der Waals surface area (Å²) in [6, 6.07) is 3.81. The van der Waals surface area contributed by atoms with Crippen LogP contribution < -0.4 is 5.32 Å². The van der Waals surface area contributed by atoms with Gasteiger partial charge < -0.3 is 14.6 Å². The van der Waals surface area contributed by atoms with Gasteiger partial charge in [0.1, 0.15) is 5.76 Å². The molecule has 1 N–H and O–H groups in total. The standard InChI is InChI=1S/C14H19N3O2S/c1-10-4-5-12(19-10)14-16-11(9-20-14)8-13(18)17(3)7-6-15-2/h4-5,9,15H,6-8H2,1-3H3. The first-order valence-electron chi connectivity index (χ1n) is 6.50. The molecule has 0 aliphatic carbocycles. The molecule has 6 heteroatoms. The monoisotopic (exact) mass is 293 g/mol. The number of thiazole rings is 1. The highest BCUT2D eigenvalue weighted by Crippen LogP contribution is 2.25. The van der Waals surface area contributed by atoms with Crippen LogP contribution >= 0.6 is 11.3 Å². The Kier molecular flexibility index (Phi) is 4.92. The lowest BCUT2D eigenvalue weighted by Gasteiger charge is -2.15. The number of hydrogen-bond acceptors (Lipinski definition) is 5. The van der Waals surface area contributed by atoms with E-state index in [0.29, 0.717) is 13.0 Å². The summed E-state index contributed by atoms with van der Waals surface area (Å²) < 4.78 is 5.53. The largest absolute Gasteiger partial charge is 0.459 e. The Hall–Kier alpha value is -1.66. The molecule has 0 spiro atoms. The molecule has 20 heavy (non-hydrogen) atoms. The fraction of sp³-hybridized carbons (Fsp3) is 0.429. The Bertz CT molecular complexity index is 576. The summed E-state index contributed by atoms with van der Waals surface area (Å²) in [4.78, 5) is 18.2. The average molecular weight is 293 g/mol. The summed E-state index contributed by atoms with van der Waals surface area (Å²) in [6.45, 7) is 3.39. The Morgan fingerprint density at radius 2 is 2.30 bits per heavy atom. The van der Waals surface area contributed by atoms with Gasteiger partial charge in [0.05, 0.1) is 12.1 Å². The minimum absolute atomic E-state index is 0.0766. The summed E-state index contributed by atoms with van der Waals surface area (Å²) in [5.41, 5.74) is 0.792. The highest BCUT2D eigenvalue weighted by molar-refractivity contribution is 7.13. The molecule has 2 rings (SSSR count). The number of nitrogens with one attached hydrogen (secondary N) is 1. The van der Waals surface area contributed by atoms with Crippen molar-refractivity contribution in [2.24, 2.45) is 0 Å². The van der Waals surface area contributed by atoms with Gasteiger partial charge in [-0.15, -0.1) is 11.3 Å². The average Bonchev–Trinajstić information content (AvgIpc) is 3.04. The summed E-state index contributed by atoms with van der Waals surface area (Å²) in [7, 11) is 3.68. The molecular weight excluding hydrogens is 274 g/mol. The number of carbonyl (C=O) groups is 1. The number of carbonyl (C=O) groups excluding carboxylic acids is 1. The molecule has 0 bridgehead atoms. The van der Waals surface area contributed by atoms with E-state index in [1.807, 2.05) is 38.5 Å². The molecule has 0 aromatic carbocycles. The van der Waals surface area contributed by atoms with Crippen LogP contribution in [0.1, 0.15) is 11.5 Å². The number of amides is 1. The second-order valence-electron chi connectivity index (χ2n) is 4.65. The third-order valence-corrected chi connectivity index (χ3v) is 3.86. The van der Waals surface area contributed by atoms with Crippen LogP contribution in [0.3, 0.4) is 0 Å². The number of hydrogen-bond donors (Lipinski definition) is 1. The maximum atomic E-state index is 12.0. The third-order valence-electron chi connectivity index (χ3n) is 2.96. The van der Waals surface area contributed by atoms with Gasteiger partial charge in [-0.3, -0.25) is 4.79 Å². The minimum atomic E-state index is 0.0766. The predicted molar refractivity (Wildman–Crippen MR) is 79.8 cm³/mol. The van der Waals surface area contributed by atoms with Crippen LogP contribution in [0.5, 0.6) is 0 Å². The number of aryl methyl sites for hydroxylation is 1. The molecule has 5 nitrogen and oxygen atoms in total. The molecule has 0 atom stereocenters. The molecule has 2 heterocycles. The van der Waals surface area contributed by atoms with Gasteiger partial charge >= 0.3 is 0 Å². The van der Waals surface area contributed by atoms with Crippen LogP contribution in [0.25, 0.3) is 10.8 Å². The van der Waals surface area contributed by atoms with E-state index in [4.69, 9.17) is 4.42 Å². The van der Waals surface area contributed by atoms with Crippen molar-refractivity contribution in [3.63, 3.8) is 0 Å². The fourth-order valence-electron chi connectivity index (χ4n) is 1.74. The Labute approximate surface area is 122 Å². The van der Waals surface area contributed by atoms with Gasteiger partial charge in [0.2, 0.25) is 5.91 Å². The van der Waals surface area contributed by atoms with Crippen LogP contribution in [0.15, 0.2) is 21.9 Å². The third kappa shape index (κ3) is 3.68. The van der Waals surface area contributed by atoms with Crippen molar-refractivity contribution < 1.29 is 9.21 Å². The second kappa shape index (κ2) is 6.67. The summed E-state index contributed by atoms with van der Waals surface area (Å²) in [5.74, 6) is 1.70. The van der Waals surface area contributed by atoms with Gasteiger partial charge in [-0.2, -0.15) is 0 Å². The first kappa shape index (κ1) is 14.7. The van der Waals surface area contributed by atoms with Gasteiger partial charge in [-0.1, -0.05) is 0 Å². The highest BCUT2D eigenvalue weighted by atomic mass is 32.1. The molecule has 2 aromatic rings. The summed E-state index contributed by atoms with van der Waals surface area (Å²) >= 11 is 1.50. The van der Waals surface area contributed by atoms with Crippen molar-refractivity contribution >= 4 is 17.2 Å². The zero-order valence-electron chi connectivity index (χ0n) is 12.0. The number of aromatic nitrogens is 1. The zero-order valence-corrected chi connectivity index (χ0v) is 12.8. The van der Waals surface area contributed by atoms with E-state index < -0.39 is 0 Å². The van der Waals surface area contributed by atoms with Gasteiger partial charge in [0.15, 0.2) is 10.8 Å². The van der Waals surface area contributed by atoms with Crippen LogP contribution in [-0.4, -0.2) is 43.0 Å². The SMILES string of the molecule is CNCCN(C)C(=O)Cc1csc(-c2ccc(C)o2)n1. The molecule has 0 radical (unpaired) electrons. The first-order valence-corrected chi connectivity index (χ1v) is 7.38. The van der Waals surface area contributed by atoms with E-state index in [0.717, 1.165) is 28.8 Å². The quantitative estimate of drug-likeness (QED) is 0.884. The van der Waals surface area contributed by atoms with Crippen molar-refractivity contribution in [3.8, 4) is 10.8 Å². The lowest BCUT2D eigenvalue weighted by molar-refractivity contribution is -0.129. The van der Waals surface area contributed by atoms with Gasteiger partial charge in [-0.05, 0) is 26.1 Å². The van der Waals surface area contributed by atoms with Crippen molar-refractivity contribution in [2.45, 2.75) is 13.3 Å². The first-order chi connectivity index (χ1) is 9.60. The normalized spacial score (nSPS) is 10.8. The van der Waals surface area contributed by atoms with Gasteiger partial charge in [-0.25, -0.2) is 4.98 Å². The number of rotatable bonds is 6. The number of likely N-dealkylation sites (N-methyl/N-ethyl adjacent to an activating group) is 2. The molecular formula is C14H19N3O2S. The fourth-order valence-corrected chi connectivity index (χ4v) is 2.52. The molecule has 108 valence electrons. The smallest absolute Gasteiger partial charge is 0.228 e. The molecule has 0 saturated heterocycles. The van der Waals surface area contributed by atoms with Crippen LogP contribution in [0.2, 0.25) is 0 Å². The van der Waals surface area contributed by atoms with Crippen molar-refractivity contribution in [1.29, 1.82) is 0 Å². The van der Waals surface area contributed by atoms with Crippen molar-refractivity contribution in [1.82, 2.24) is 15.2 Å². The molecule has 0 fully saturated rings. The predicted octanol–water partition coefficient (Wildman–Crippen LogP) is 1.93. The lowest BCUT2D eigenvalue weighted by atomic mass is 10.3.